The van der Waals surface area contributed by atoms with Crippen LogP contribution in [0.3, 0.4) is 0 Å². The minimum atomic E-state index is -0.0147. The Hall–Kier alpha value is -2.99. The van der Waals surface area contributed by atoms with Crippen molar-refractivity contribution in [3.8, 4) is 5.69 Å². The number of likely N-dealkylation sites (N-methyl/N-ethyl adjacent to an activating group) is 1. The van der Waals surface area contributed by atoms with Crippen molar-refractivity contribution in [1.29, 1.82) is 0 Å². The Morgan fingerprint density at radius 2 is 1.72 bits per heavy atom. The zero-order valence-corrected chi connectivity index (χ0v) is 17.5. The van der Waals surface area contributed by atoms with Gasteiger partial charge in [-0.25, -0.2) is 9.67 Å². The van der Waals surface area contributed by atoms with Crippen LogP contribution in [0.1, 0.15) is 49.5 Å². The van der Waals surface area contributed by atoms with Crippen molar-refractivity contribution < 1.29 is 4.79 Å². The second kappa shape index (κ2) is 9.47. The van der Waals surface area contributed by atoms with Gasteiger partial charge in [-0.05, 0) is 56.1 Å². The van der Waals surface area contributed by atoms with Crippen LogP contribution in [-0.4, -0.2) is 39.2 Å². The first-order valence-corrected chi connectivity index (χ1v) is 10.0. The molecule has 6 nitrogen and oxygen atoms in total. The van der Waals surface area contributed by atoms with Crippen LogP contribution in [0.2, 0.25) is 0 Å². The third kappa shape index (κ3) is 5.29. The lowest BCUT2D eigenvalue weighted by molar-refractivity contribution is -0.123. The maximum atomic E-state index is 12.5. The van der Waals surface area contributed by atoms with Gasteiger partial charge in [-0.1, -0.05) is 43.3 Å². The van der Waals surface area contributed by atoms with E-state index in [-0.39, 0.29) is 18.0 Å². The fraction of sp³-hybridized carbons (Fsp3) is 0.348. The summed E-state index contributed by atoms with van der Waals surface area (Å²) in [7, 11) is 1.97. The SMILES string of the molecule is CCc1ccc(C(C)NC(=O)CN(C)C(C)c2ccc(-n3cncn3)cc2)cc1. The number of hydrogen-bond donors (Lipinski definition) is 1. The van der Waals surface area contributed by atoms with Gasteiger partial charge >= 0.3 is 0 Å². The van der Waals surface area contributed by atoms with E-state index in [4.69, 9.17) is 0 Å². The van der Waals surface area contributed by atoms with Gasteiger partial charge in [0, 0.05) is 6.04 Å². The number of carbonyl (C=O) groups is 1. The van der Waals surface area contributed by atoms with E-state index in [9.17, 15) is 4.79 Å². The molecule has 0 spiro atoms. The number of benzene rings is 2. The van der Waals surface area contributed by atoms with E-state index in [1.165, 1.54) is 11.9 Å². The summed E-state index contributed by atoms with van der Waals surface area (Å²) >= 11 is 0. The molecule has 0 aliphatic carbocycles. The van der Waals surface area contributed by atoms with Crippen LogP contribution in [0.4, 0.5) is 0 Å². The molecule has 0 aliphatic rings. The minimum absolute atomic E-state index is 0.0147. The van der Waals surface area contributed by atoms with Crippen molar-refractivity contribution in [2.24, 2.45) is 0 Å². The van der Waals surface area contributed by atoms with E-state index in [1.54, 1.807) is 11.0 Å². The topological polar surface area (TPSA) is 63.1 Å². The average Bonchev–Trinajstić information content (AvgIpc) is 3.28. The molecule has 0 saturated carbocycles. The maximum absolute atomic E-state index is 12.5. The summed E-state index contributed by atoms with van der Waals surface area (Å²) in [6.07, 6.45) is 4.21. The summed E-state index contributed by atoms with van der Waals surface area (Å²) < 4.78 is 1.72. The molecule has 2 aromatic carbocycles. The van der Waals surface area contributed by atoms with E-state index < -0.39 is 0 Å². The van der Waals surface area contributed by atoms with Crippen LogP contribution >= 0.6 is 0 Å². The van der Waals surface area contributed by atoms with Gasteiger partial charge in [0.15, 0.2) is 0 Å². The molecule has 3 rings (SSSR count). The van der Waals surface area contributed by atoms with E-state index in [0.29, 0.717) is 6.54 Å². The van der Waals surface area contributed by atoms with E-state index >= 15 is 0 Å². The summed E-state index contributed by atoms with van der Waals surface area (Å²) in [5, 5.41) is 7.24. The number of rotatable bonds is 8. The number of carbonyl (C=O) groups excluding carboxylic acids is 1. The number of nitrogens with zero attached hydrogens (tertiary/aromatic N) is 4. The van der Waals surface area contributed by atoms with Gasteiger partial charge in [0.2, 0.25) is 5.91 Å². The van der Waals surface area contributed by atoms with Crippen LogP contribution in [0.25, 0.3) is 5.69 Å². The lowest BCUT2D eigenvalue weighted by atomic mass is 10.0. The molecular weight excluding hydrogens is 362 g/mol. The molecule has 0 fully saturated rings. The summed E-state index contributed by atoms with van der Waals surface area (Å²) in [4.78, 5) is 18.6. The Balaban J connectivity index is 1.55. The van der Waals surface area contributed by atoms with E-state index in [2.05, 4.69) is 65.6 Å². The van der Waals surface area contributed by atoms with Crippen LogP contribution in [0.5, 0.6) is 0 Å². The Morgan fingerprint density at radius 1 is 1.07 bits per heavy atom. The second-order valence-electron chi connectivity index (χ2n) is 7.41. The quantitative estimate of drug-likeness (QED) is 0.636. The third-order valence-electron chi connectivity index (χ3n) is 5.38. The Labute approximate surface area is 172 Å². The zero-order valence-electron chi connectivity index (χ0n) is 17.5. The normalized spacial score (nSPS) is 13.3. The smallest absolute Gasteiger partial charge is 0.234 e. The number of aromatic nitrogens is 3. The van der Waals surface area contributed by atoms with Crippen LogP contribution < -0.4 is 5.32 Å². The van der Waals surface area contributed by atoms with E-state index in [0.717, 1.165) is 23.2 Å². The van der Waals surface area contributed by atoms with Gasteiger partial charge in [-0.15, -0.1) is 0 Å². The van der Waals surface area contributed by atoms with Crippen molar-refractivity contribution in [3.63, 3.8) is 0 Å². The molecule has 1 N–H and O–H groups in total. The monoisotopic (exact) mass is 391 g/mol. The van der Waals surface area contributed by atoms with Gasteiger partial charge < -0.3 is 5.32 Å². The fourth-order valence-corrected chi connectivity index (χ4v) is 3.28. The van der Waals surface area contributed by atoms with E-state index in [1.807, 2.05) is 31.0 Å². The van der Waals surface area contributed by atoms with Crippen LogP contribution in [-0.2, 0) is 11.2 Å². The average molecular weight is 392 g/mol. The number of aryl methyl sites for hydroxylation is 1. The molecule has 0 bridgehead atoms. The highest BCUT2D eigenvalue weighted by Crippen LogP contribution is 2.20. The highest BCUT2D eigenvalue weighted by atomic mass is 16.2. The van der Waals surface area contributed by atoms with Crippen molar-refractivity contribution in [2.45, 2.75) is 39.3 Å². The number of amides is 1. The molecule has 1 heterocycles. The largest absolute Gasteiger partial charge is 0.348 e. The van der Waals surface area contributed by atoms with Crippen molar-refractivity contribution in [2.75, 3.05) is 13.6 Å². The summed E-state index contributed by atoms with van der Waals surface area (Å²) in [6.45, 7) is 6.60. The third-order valence-corrected chi connectivity index (χ3v) is 5.38. The molecule has 0 saturated heterocycles. The zero-order chi connectivity index (χ0) is 20.8. The van der Waals surface area contributed by atoms with Gasteiger partial charge in [-0.3, -0.25) is 9.69 Å². The second-order valence-corrected chi connectivity index (χ2v) is 7.41. The first kappa shape index (κ1) is 20.7. The molecule has 1 aromatic heterocycles. The number of hydrogen-bond acceptors (Lipinski definition) is 4. The van der Waals surface area contributed by atoms with Crippen molar-refractivity contribution in [1.82, 2.24) is 25.0 Å². The van der Waals surface area contributed by atoms with Crippen molar-refractivity contribution >= 4 is 5.91 Å². The summed E-state index contributed by atoms with van der Waals surface area (Å²) in [6, 6.07) is 16.7. The Morgan fingerprint density at radius 3 is 2.31 bits per heavy atom. The molecule has 6 heteroatoms. The molecule has 2 atom stereocenters. The fourth-order valence-electron chi connectivity index (χ4n) is 3.28. The first-order valence-electron chi connectivity index (χ1n) is 10.0. The molecular formula is C23H29N5O. The molecule has 1 amide bonds. The van der Waals surface area contributed by atoms with Gasteiger partial charge in [0.05, 0.1) is 18.3 Å². The summed E-state index contributed by atoms with van der Waals surface area (Å²) in [5.74, 6) is 0.0191. The lowest BCUT2D eigenvalue weighted by Gasteiger charge is -2.25. The Kier molecular flexibility index (Phi) is 6.77. The van der Waals surface area contributed by atoms with Gasteiger partial charge in [0.1, 0.15) is 12.7 Å². The molecule has 2 unspecified atom stereocenters. The minimum Gasteiger partial charge on any atom is -0.348 e. The van der Waals surface area contributed by atoms with Gasteiger partial charge in [0.25, 0.3) is 0 Å². The highest BCUT2D eigenvalue weighted by molar-refractivity contribution is 5.78. The first-order chi connectivity index (χ1) is 14.0. The molecule has 0 aliphatic heterocycles. The predicted octanol–water partition coefficient (Wildman–Crippen LogP) is 3.70. The van der Waals surface area contributed by atoms with Crippen molar-refractivity contribution in [3.05, 3.63) is 77.9 Å². The summed E-state index contributed by atoms with van der Waals surface area (Å²) in [5.41, 5.74) is 4.53. The lowest BCUT2D eigenvalue weighted by Crippen LogP contribution is -2.37. The number of nitrogens with one attached hydrogen (secondary N) is 1. The molecule has 152 valence electrons. The van der Waals surface area contributed by atoms with Gasteiger partial charge in [-0.2, -0.15) is 5.10 Å². The Bertz CT molecular complexity index is 903. The maximum Gasteiger partial charge on any atom is 0.234 e. The predicted molar refractivity (Wildman–Crippen MR) is 115 cm³/mol. The standard InChI is InChI=1S/C23H29N5O/c1-5-19-6-8-20(9-7-19)17(2)26-23(29)14-27(4)18(3)21-10-12-22(13-11-21)28-16-24-15-25-28/h6-13,15-18H,5,14H2,1-4H3,(H,26,29). The highest BCUT2D eigenvalue weighted by Gasteiger charge is 2.17. The molecule has 0 radical (unpaired) electrons. The molecule has 29 heavy (non-hydrogen) atoms. The van der Waals surface area contributed by atoms with Crippen LogP contribution in [0.15, 0.2) is 61.2 Å². The van der Waals surface area contributed by atoms with Crippen LogP contribution in [0, 0.1) is 0 Å². The molecule has 3 aromatic rings.